The number of hydrogen-bond donors (Lipinski definition) is 3. The highest BCUT2D eigenvalue weighted by Gasteiger charge is 2.29. The number of aliphatic carboxylic acids is 1. The topological polar surface area (TPSA) is 87.7 Å². The molecular formula is C11H20N2O4. The predicted molar refractivity (Wildman–Crippen MR) is 61.6 cm³/mol. The van der Waals surface area contributed by atoms with Gasteiger partial charge in [0.2, 0.25) is 5.91 Å². The van der Waals surface area contributed by atoms with Gasteiger partial charge in [0.15, 0.2) is 0 Å². The van der Waals surface area contributed by atoms with Crippen LogP contribution < -0.4 is 10.6 Å². The number of hydrogen-bond acceptors (Lipinski definition) is 4. The van der Waals surface area contributed by atoms with Crippen molar-refractivity contribution in [3.8, 4) is 0 Å². The standard InChI is InChI=1S/C11H20N2O4/c1-7-3-4-12-10(7)11(16)13-6-8(17-2)5-9(14)15/h7-8,10,12H,3-6H2,1-2H3,(H,13,16)(H,14,15). The molecule has 1 aliphatic rings. The zero-order valence-corrected chi connectivity index (χ0v) is 10.2. The Morgan fingerprint density at radius 2 is 2.29 bits per heavy atom. The second-order valence-electron chi connectivity index (χ2n) is 4.40. The van der Waals surface area contributed by atoms with E-state index in [2.05, 4.69) is 10.6 Å². The van der Waals surface area contributed by atoms with Gasteiger partial charge in [-0.3, -0.25) is 9.59 Å². The van der Waals surface area contributed by atoms with Crippen LogP contribution in [0.3, 0.4) is 0 Å². The summed E-state index contributed by atoms with van der Waals surface area (Å²) in [6.07, 6.45) is 0.402. The van der Waals surface area contributed by atoms with Crippen LogP contribution in [-0.4, -0.2) is 49.3 Å². The molecule has 0 radical (unpaired) electrons. The molecule has 3 N–H and O–H groups in total. The molecule has 1 amide bonds. The third kappa shape index (κ3) is 4.32. The van der Waals surface area contributed by atoms with Crippen LogP contribution in [0.4, 0.5) is 0 Å². The highest BCUT2D eigenvalue weighted by Crippen LogP contribution is 2.14. The van der Waals surface area contributed by atoms with E-state index in [1.54, 1.807) is 0 Å². The smallest absolute Gasteiger partial charge is 0.306 e. The molecule has 1 saturated heterocycles. The van der Waals surface area contributed by atoms with Gasteiger partial charge in [-0.15, -0.1) is 0 Å². The molecule has 0 aromatic carbocycles. The Morgan fingerprint density at radius 1 is 1.59 bits per heavy atom. The Hall–Kier alpha value is -1.14. The van der Waals surface area contributed by atoms with E-state index in [-0.39, 0.29) is 24.9 Å². The van der Waals surface area contributed by atoms with Gasteiger partial charge >= 0.3 is 5.97 Å². The van der Waals surface area contributed by atoms with Crippen molar-refractivity contribution >= 4 is 11.9 Å². The zero-order valence-electron chi connectivity index (χ0n) is 10.2. The first-order valence-electron chi connectivity index (χ1n) is 5.80. The average Bonchev–Trinajstić information content (AvgIpc) is 2.69. The van der Waals surface area contributed by atoms with Crippen LogP contribution in [0.15, 0.2) is 0 Å². The number of nitrogens with one attached hydrogen (secondary N) is 2. The second-order valence-corrected chi connectivity index (χ2v) is 4.40. The number of carbonyl (C=O) groups excluding carboxylic acids is 1. The Kier molecular flexibility index (Phi) is 5.37. The number of carbonyl (C=O) groups is 2. The molecule has 98 valence electrons. The molecule has 3 unspecified atom stereocenters. The maximum absolute atomic E-state index is 11.8. The van der Waals surface area contributed by atoms with Crippen molar-refractivity contribution in [2.75, 3.05) is 20.2 Å². The molecule has 0 spiro atoms. The van der Waals surface area contributed by atoms with Crippen LogP contribution in [0, 0.1) is 5.92 Å². The number of rotatable bonds is 6. The highest BCUT2D eigenvalue weighted by molar-refractivity contribution is 5.82. The fourth-order valence-electron chi connectivity index (χ4n) is 1.94. The van der Waals surface area contributed by atoms with E-state index in [4.69, 9.17) is 9.84 Å². The Bertz CT molecular complexity index is 283. The van der Waals surface area contributed by atoms with E-state index in [0.717, 1.165) is 13.0 Å². The summed E-state index contributed by atoms with van der Waals surface area (Å²) in [5.41, 5.74) is 0. The molecule has 6 heteroatoms. The summed E-state index contributed by atoms with van der Waals surface area (Å²) in [4.78, 5) is 22.3. The number of carboxylic acids is 1. The lowest BCUT2D eigenvalue weighted by Gasteiger charge is -2.18. The van der Waals surface area contributed by atoms with E-state index >= 15 is 0 Å². The van der Waals surface area contributed by atoms with Gasteiger partial charge in [0.25, 0.3) is 0 Å². The van der Waals surface area contributed by atoms with Crippen molar-refractivity contribution in [3.63, 3.8) is 0 Å². The molecule has 0 saturated carbocycles. The molecule has 1 fully saturated rings. The summed E-state index contributed by atoms with van der Waals surface area (Å²) >= 11 is 0. The van der Waals surface area contributed by atoms with Gasteiger partial charge < -0.3 is 20.5 Å². The number of carboxylic acid groups (broad SMARTS) is 1. The van der Waals surface area contributed by atoms with Gasteiger partial charge in [-0.25, -0.2) is 0 Å². The van der Waals surface area contributed by atoms with Crippen molar-refractivity contribution < 1.29 is 19.4 Å². The Labute approximate surface area is 101 Å². The number of methoxy groups -OCH3 is 1. The van der Waals surface area contributed by atoms with E-state index in [9.17, 15) is 9.59 Å². The normalized spacial score (nSPS) is 25.5. The molecule has 3 atom stereocenters. The van der Waals surface area contributed by atoms with Gasteiger partial charge in [-0.1, -0.05) is 6.92 Å². The van der Waals surface area contributed by atoms with E-state index in [0.29, 0.717) is 5.92 Å². The Balaban J connectivity index is 2.33. The van der Waals surface area contributed by atoms with Crippen LogP contribution in [0.5, 0.6) is 0 Å². The summed E-state index contributed by atoms with van der Waals surface area (Å²) < 4.78 is 4.99. The van der Waals surface area contributed by atoms with E-state index < -0.39 is 12.1 Å². The SMILES string of the molecule is COC(CNC(=O)C1NCCC1C)CC(=O)O. The lowest BCUT2D eigenvalue weighted by molar-refractivity contribution is -0.140. The lowest BCUT2D eigenvalue weighted by atomic mass is 10.0. The number of amides is 1. The molecule has 0 aromatic rings. The van der Waals surface area contributed by atoms with Crippen LogP contribution in [-0.2, 0) is 14.3 Å². The molecular weight excluding hydrogens is 224 g/mol. The molecule has 1 heterocycles. The van der Waals surface area contributed by atoms with Crippen molar-refractivity contribution in [3.05, 3.63) is 0 Å². The van der Waals surface area contributed by atoms with Gasteiger partial charge in [0, 0.05) is 13.7 Å². The third-order valence-corrected chi connectivity index (χ3v) is 3.06. The van der Waals surface area contributed by atoms with Crippen LogP contribution in [0.2, 0.25) is 0 Å². The first kappa shape index (κ1) is 13.9. The molecule has 17 heavy (non-hydrogen) atoms. The molecule has 0 bridgehead atoms. The van der Waals surface area contributed by atoms with Crippen molar-refractivity contribution in [2.24, 2.45) is 5.92 Å². The van der Waals surface area contributed by atoms with Crippen LogP contribution in [0.1, 0.15) is 19.8 Å². The monoisotopic (exact) mass is 244 g/mol. The zero-order chi connectivity index (χ0) is 12.8. The summed E-state index contributed by atoms with van der Waals surface area (Å²) in [7, 11) is 1.44. The summed E-state index contributed by atoms with van der Waals surface area (Å²) in [6.45, 7) is 3.10. The fourth-order valence-corrected chi connectivity index (χ4v) is 1.94. The van der Waals surface area contributed by atoms with Crippen LogP contribution >= 0.6 is 0 Å². The van der Waals surface area contributed by atoms with Crippen molar-refractivity contribution in [1.82, 2.24) is 10.6 Å². The summed E-state index contributed by atoms with van der Waals surface area (Å²) in [5.74, 6) is -0.698. The second kappa shape index (κ2) is 6.56. The van der Waals surface area contributed by atoms with Crippen molar-refractivity contribution in [1.29, 1.82) is 0 Å². The van der Waals surface area contributed by atoms with Gasteiger partial charge in [-0.05, 0) is 18.9 Å². The minimum Gasteiger partial charge on any atom is -0.481 e. The predicted octanol–water partition coefficient (Wildman–Crippen LogP) is -0.410. The van der Waals surface area contributed by atoms with E-state index in [1.165, 1.54) is 7.11 Å². The summed E-state index contributed by atoms with van der Waals surface area (Å²) in [5, 5.41) is 14.5. The molecule has 0 aromatic heterocycles. The fraction of sp³-hybridized carbons (Fsp3) is 0.818. The Morgan fingerprint density at radius 3 is 2.76 bits per heavy atom. The summed E-state index contributed by atoms with van der Waals surface area (Å²) in [6, 6.07) is -0.169. The number of ether oxygens (including phenoxy) is 1. The highest BCUT2D eigenvalue weighted by atomic mass is 16.5. The minimum absolute atomic E-state index is 0.0811. The molecule has 1 rings (SSSR count). The van der Waals surface area contributed by atoms with E-state index in [1.807, 2.05) is 6.92 Å². The quantitative estimate of drug-likeness (QED) is 0.591. The third-order valence-electron chi connectivity index (χ3n) is 3.06. The molecule has 6 nitrogen and oxygen atoms in total. The maximum Gasteiger partial charge on any atom is 0.306 e. The lowest BCUT2D eigenvalue weighted by Crippen LogP contribution is -2.46. The van der Waals surface area contributed by atoms with Gasteiger partial charge in [-0.2, -0.15) is 0 Å². The van der Waals surface area contributed by atoms with Crippen molar-refractivity contribution in [2.45, 2.75) is 31.9 Å². The minimum atomic E-state index is -0.932. The first-order valence-corrected chi connectivity index (χ1v) is 5.80. The van der Waals surface area contributed by atoms with Gasteiger partial charge in [0.05, 0.1) is 18.6 Å². The first-order chi connectivity index (χ1) is 8.04. The average molecular weight is 244 g/mol. The van der Waals surface area contributed by atoms with Crippen LogP contribution in [0.25, 0.3) is 0 Å². The maximum atomic E-state index is 11.8. The van der Waals surface area contributed by atoms with Gasteiger partial charge in [0.1, 0.15) is 0 Å². The molecule has 1 aliphatic heterocycles. The molecule has 0 aliphatic carbocycles. The largest absolute Gasteiger partial charge is 0.481 e.